The molecule has 0 atom stereocenters. The molecule has 0 saturated heterocycles. The summed E-state index contributed by atoms with van der Waals surface area (Å²) >= 11 is 0. The Morgan fingerprint density at radius 3 is 2.15 bits per heavy atom. The first-order valence-electron chi connectivity index (χ1n) is 6.63. The zero-order chi connectivity index (χ0) is 15.2. The van der Waals surface area contributed by atoms with Gasteiger partial charge in [0, 0.05) is 18.2 Å². The van der Waals surface area contributed by atoms with Crippen LogP contribution in [0.1, 0.15) is 32.8 Å². The van der Waals surface area contributed by atoms with Crippen LogP contribution in [0.15, 0.2) is 18.2 Å². The zero-order valence-electron chi connectivity index (χ0n) is 12.8. The third-order valence-corrected chi connectivity index (χ3v) is 2.91. The van der Waals surface area contributed by atoms with Crippen molar-refractivity contribution in [3.05, 3.63) is 23.8 Å². The lowest BCUT2D eigenvalue weighted by molar-refractivity contribution is 0.0362. The van der Waals surface area contributed by atoms with Crippen molar-refractivity contribution in [3.8, 4) is 11.5 Å². The fourth-order valence-corrected chi connectivity index (χ4v) is 1.71. The van der Waals surface area contributed by atoms with Gasteiger partial charge in [-0.2, -0.15) is 0 Å². The molecule has 0 aliphatic carbocycles. The second-order valence-electron chi connectivity index (χ2n) is 4.93. The molecule has 1 rings (SSSR count). The maximum atomic E-state index is 11.7. The Morgan fingerprint density at radius 2 is 1.70 bits per heavy atom. The van der Waals surface area contributed by atoms with Gasteiger partial charge in [0.1, 0.15) is 17.1 Å². The molecule has 20 heavy (non-hydrogen) atoms. The van der Waals surface area contributed by atoms with Crippen molar-refractivity contribution in [2.75, 3.05) is 20.8 Å². The third-order valence-electron chi connectivity index (χ3n) is 2.91. The van der Waals surface area contributed by atoms with Crippen molar-refractivity contribution >= 4 is 6.09 Å². The number of amides is 1. The van der Waals surface area contributed by atoms with E-state index < -0.39 is 11.7 Å². The summed E-state index contributed by atoms with van der Waals surface area (Å²) in [5.41, 5.74) is 0.0277. The van der Waals surface area contributed by atoms with E-state index in [0.717, 1.165) is 12.0 Å². The summed E-state index contributed by atoms with van der Waals surface area (Å²) in [4.78, 5) is 11.7. The topological polar surface area (TPSA) is 56.8 Å². The van der Waals surface area contributed by atoms with Gasteiger partial charge in [0.25, 0.3) is 0 Å². The summed E-state index contributed by atoms with van der Waals surface area (Å²) in [5.74, 6) is 1.31. The number of alkyl carbamates (subject to hydrolysis) is 1. The molecule has 1 aromatic rings. The van der Waals surface area contributed by atoms with E-state index >= 15 is 0 Å². The van der Waals surface area contributed by atoms with Gasteiger partial charge in [0.15, 0.2) is 0 Å². The van der Waals surface area contributed by atoms with Crippen LogP contribution in [0.5, 0.6) is 11.5 Å². The lowest BCUT2D eigenvalue weighted by Crippen LogP contribution is -2.33. The molecule has 112 valence electrons. The molecule has 5 heteroatoms. The van der Waals surface area contributed by atoms with E-state index in [-0.39, 0.29) is 0 Å². The number of nitrogens with one attached hydrogen (secondary N) is 1. The first-order chi connectivity index (χ1) is 9.42. The molecular weight excluding hydrogens is 258 g/mol. The molecular formula is C15H23NO4. The monoisotopic (exact) mass is 281 g/mol. The molecule has 1 aromatic carbocycles. The molecule has 0 aliphatic heterocycles. The fraction of sp³-hybridized carbons (Fsp3) is 0.533. The third kappa shape index (κ3) is 4.33. The fourth-order valence-electron chi connectivity index (χ4n) is 1.71. The zero-order valence-corrected chi connectivity index (χ0v) is 12.8. The molecule has 0 heterocycles. The van der Waals surface area contributed by atoms with Crippen molar-refractivity contribution in [3.63, 3.8) is 0 Å². The van der Waals surface area contributed by atoms with Gasteiger partial charge in [-0.05, 0) is 32.4 Å². The summed E-state index contributed by atoms with van der Waals surface area (Å²) in [5, 5.41) is 2.69. The molecule has 0 bridgehead atoms. The summed E-state index contributed by atoms with van der Waals surface area (Å²) in [6, 6.07) is 5.43. The summed E-state index contributed by atoms with van der Waals surface area (Å²) in [7, 11) is 3.17. The number of hydrogen-bond acceptors (Lipinski definition) is 4. The molecule has 0 spiro atoms. The quantitative estimate of drug-likeness (QED) is 0.870. The largest absolute Gasteiger partial charge is 0.497 e. The smallest absolute Gasteiger partial charge is 0.408 e. The number of rotatable bonds is 6. The Bertz CT molecular complexity index is 435. The minimum absolute atomic E-state index is 0.432. The predicted octanol–water partition coefficient (Wildman–Crippen LogP) is 3.08. The highest BCUT2D eigenvalue weighted by Gasteiger charge is 2.26. The molecule has 5 nitrogen and oxygen atoms in total. The highest BCUT2D eigenvalue weighted by Crippen LogP contribution is 2.32. The number of hydrogen-bond donors (Lipinski definition) is 1. The van der Waals surface area contributed by atoms with E-state index in [1.54, 1.807) is 20.3 Å². The van der Waals surface area contributed by atoms with E-state index in [2.05, 4.69) is 5.32 Å². The first kappa shape index (κ1) is 16.1. The number of carbonyl (C=O) groups excluding carboxylic acids is 1. The molecule has 0 unspecified atom stereocenters. The Hall–Kier alpha value is -1.91. The van der Waals surface area contributed by atoms with E-state index in [9.17, 15) is 4.79 Å². The Kier molecular flexibility index (Phi) is 5.67. The van der Waals surface area contributed by atoms with Crippen LogP contribution < -0.4 is 14.8 Å². The van der Waals surface area contributed by atoms with E-state index in [1.807, 2.05) is 32.9 Å². The number of ether oxygens (including phenoxy) is 3. The summed E-state index contributed by atoms with van der Waals surface area (Å²) in [6.45, 7) is 6.23. The van der Waals surface area contributed by atoms with Crippen LogP contribution in [0.4, 0.5) is 4.79 Å². The van der Waals surface area contributed by atoms with Gasteiger partial charge in [-0.1, -0.05) is 6.92 Å². The van der Waals surface area contributed by atoms with Crippen molar-refractivity contribution in [2.24, 2.45) is 0 Å². The summed E-state index contributed by atoms with van der Waals surface area (Å²) < 4.78 is 15.9. The lowest BCUT2D eigenvalue weighted by atomic mass is 9.97. The predicted molar refractivity (Wildman–Crippen MR) is 77.3 cm³/mol. The molecule has 0 saturated carbocycles. The standard InChI is InChI=1S/C15H23NO4/c1-6-7-16-14(17)20-15(2,3)11-8-12(18-4)10-13(9-11)19-5/h8-10H,6-7H2,1-5H3,(H,16,17). The normalized spacial score (nSPS) is 10.8. The highest BCUT2D eigenvalue weighted by molar-refractivity contribution is 5.68. The van der Waals surface area contributed by atoms with Crippen LogP contribution in [0.2, 0.25) is 0 Å². The van der Waals surface area contributed by atoms with E-state index in [4.69, 9.17) is 14.2 Å². The Labute approximate surface area is 120 Å². The van der Waals surface area contributed by atoms with Crippen LogP contribution in [0.3, 0.4) is 0 Å². The van der Waals surface area contributed by atoms with E-state index in [1.165, 1.54) is 0 Å². The second-order valence-corrected chi connectivity index (χ2v) is 4.93. The molecule has 0 radical (unpaired) electrons. The van der Waals surface area contributed by atoms with Crippen LogP contribution >= 0.6 is 0 Å². The number of methoxy groups -OCH3 is 2. The van der Waals surface area contributed by atoms with E-state index in [0.29, 0.717) is 18.0 Å². The number of carbonyl (C=O) groups is 1. The number of benzene rings is 1. The SMILES string of the molecule is CCCNC(=O)OC(C)(C)c1cc(OC)cc(OC)c1. The average molecular weight is 281 g/mol. The highest BCUT2D eigenvalue weighted by atomic mass is 16.6. The molecule has 0 aromatic heterocycles. The second kappa shape index (κ2) is 7.03. The maximum Gasteiger partial charge on any atom is 0.408 e. The minimum Gasteiger partial charge on any atom is -0.497 e. The minimum atomic E-state index is -0.778. The molecule has 0 fully saturated rings. The van der Waals surface area contributed by atoms with Crippen LogP contribution in [-0.2, 0) is 10.3 Å². The lowest BCUT2D eigenvalue weighted by Gasteiger charge is -2.26. The molecule has 1 N–H and O–H groups in total. The Balaban J connectivity index is 2.93. The van der Waals surface area contributed by atoms with Gasteiger partial charge < -0.3 is 19.5 Å². The average Bonchev–Trinajstić information content (AvgIpc) is 2.43. The molecule has 0 aliphatic rings. The first-order valence-corrected chi connectivity index (χ1v) is 6.63. The van der Waals surface area contributed by atoms with Crippen LogP contribution in [0, 0.1) is 0 Å². The maximum absolute atomic E-state index is 11.7. The van der Waals surface area contributed by atoms with Gasteiger partial charge in [-0.3, -0.25) is 0 Å². The van der Waals surface area contributed by atoms with Crippen LogP contribution in [0.25, 0.3) is 0 Å². The van der Waals surface area contributed by atoms with Crippen LogP contribution in [-0.4, -0.2) is 26.9 Å². The van der Waals surface area contributed by atoms with Crippen molar-refractivity contribution in [1.29, 1.82) is 0 Å². The van der Waals surface area contributed by atoms with Crippen molar-refractivity contribution < 1.29 is 19.0 Å². The van der Waals surface area contributed by atoms with Gasteiger partial charge in [0.2, 0.25) is 0 Å². The molecule has 1 amide bonds. The van der Waals surface area contributed by atoms with Crippen molar-refractivity contribution in [1.82, 2.24) is 5.32 Å². The summed E-state index contributed by atoms with van der Waals surface area (Å²) in [6.07, 6.45) is 0.432. The van der Waals surface area contributed by atoms with Gasteiger partial charge in [-0.25, -0.2) is 4.79 Å². The van der Waals surface area contributed by atoms with Crippen molar-refractivity contribution in [2.45, 2.75) is 32.8 Å². The Morgan fingerprint density at radius 1 is 1.15 bits per heavy atom. The van der Waals surface area contributed by atoms with Gasteiger partial charge >= 0.3 is 6.09 Å². The van der Waals surface area contributed by atoms with Gasteiger partial charge in [0.05, 0.1) is 14.2 Å². The van der Waals surface area contributed by atoms with Gasteiger partial charge in [-0.15, -0.1) is 0 Å².